The molecule has 0 unspecified atom stereocenters. The average molecular weight is 391 g/mol. The molecule has 0 bridgehead atoms. The largest absolute Gasteiger partial charge is 0.490 e. The van der Waals surface area contributed by atoms with Gasteiger partial charge >= 0.3 is 0 Å². The Balaban J connectivity index is 1.65. The second kappa shape index (κ2) is 9.89. The van der Waals surface area contributed by atoms with Gasteiger partial charge in [0.1, 0.15) is 6.61 Å². The van der Waals surface area contributed by atoms with Crippen LogP contribution in [0.5, 0.6) is 11.5 Å². The Labute approximate surface area is 168 Å². The molecule has 0 aliphatic rings. The Bertz CT molecular complexity index is 962. The van der Waals surface area contributed by atoms with Crippen molar-refractivity contribution in [1.29, 1.82) is 0 Å². The summed E-state index contributed by atoms with van der Waals surface area (Å²) in [6.07, 6.45) is 3.39. The first kappa shape index (κ1) is 19.9. The van der Waals surface area contributed by atoms with Gasteiger partial charge in [-0.15, -0.1) is 0 Å². The minimum Gasteiger partial charge on any atom is -0.490 e. The number of pyridine rings is 1. The first-order valence-corrected chi connectivity index (χ1v) is 9.11. The monoisotopic (exact) mass is 391 g/mol. The molecular weight excluding hydrogens is 370 g/mol. The van der Waals surface area contributed by atoms with Crippen LogP contribution in [0.15, 0.2) is 73.1 Å². The molecule has 3 aromatic rings. The van der Waals surface area contributed by atoms with E-state index in [0.29, 0.717) is 35.8 Å². The van der Waals surface area contributed by atoms with Crippen LogP contribution in [0, 0.1) is 0 Å². The maximum atomic E-state index is 12.4. The number of aromatic nitrogens is 1. The van der Waals surface area contributed by atoms with Crippen LogP contribution < -0.4 is 20.3 Å². The SMILES string of the molecule is CCOc1cc(C(=O)NNC(=O)c2ccccc2)ccc1OCc1ccncc1. The molecular formula is C22H21N3O4. The highest BCUT2D eigenvalue weighted by atomic mass is 16.5. The lowest BCUT2D eigenvalue weighted by Gasteiger charge is -2.14. The Morgan fingerprint density at radius 3 is 2.21 bits per heavy atom. The summed E-state index contributed by atoms with van der Waals surface area (Å²) >= 11 is 0. The van der Waals surface area contributed by atoms with Gasteiger partial charge in [-0.05, 0) is 55.0 Å². The third kappa shape index (κ3) is 5.55. The Morgan fingerprint density at radius 2 is 1.52 bits per heavy atom. The zero-order valence-electron chi connectivity index (χ0n) is 15.9. The average Bonchev–Trinajstić information content (AvgIpc) is 2.78. The topological polar surface area (TPSA) is 89.6 Å². The fourth-order valence-corrected chi connectivity index (χ4v) is 2.52. The maximum Gasteiger partial charge on any atom is 0.269 e. The Kier molecular flexibility index (Phi) is 6.78. The molecule has 0 aliphatic carbocycles. The standard InChI is InChI=1S/C22H21N3O4/c1-2-28-20-14-18(8-9-19(20)29-15-16-10-12-23-13-11-16)22(27)25-24-21(26)17-6-4-3-5-7-17/h3-14H,2,15H2,1H3,(H,24,26)(H,25,27). The number of rotatable bonds is 7. The first-order valence-electron chi connectivity index (χ1n) is 9.11. The molecule has 7 heteroatoms. The van der Waals surface area contributed by atoms with E-state index >= 15 is 0 Å². The second-order valence-corrected chi connectivity index (χ2v) is 6.01. The molecule has 1 aromatic heterocycles. The number of carbonyl (C=O) groups excluding carboxylic acids is 2. The minimum atomic E-state index is -0.462. The number of amides is 2. The normalized spacial score (nSPS) is 10.1. The van der Waals surface area contributed by atoms with Gasteiger partial charge in [-0.2, -0.15) is 0 Å². The minimum absolute atomic E-state index is 0.332. The fourth-order valence-electron chi connectivity index (χ4n) is 2.52. The van der Waals surface area contributed by atoms with E-state index in [0.717, 1.165) is 5.56 Å². The van der Waals surface area contributed by atoms with E-state index in [1.54, 1.807) is 54.9 Å². The summed E-state index contributed by atoms with van der Waals surface area (Å²) in [5, 5.41) is 0. The number of hydrogen-bond acceptors (Lipinski definition) is 5. The number of ether oxygens (including phenoxy) is 2. The summed E-state index contributed by atoms with van der Waals surface area (Å²) in [6.45, 7) is 2.61. The predicted octanol–water partition coefficient (Wildman–Crippen LogP) is 3.13. The van der Waals surface area contributed by atoms with E-state index in [1.165, 1.54) is 0 Å². The van der Waals surface area contributed by atoms with Gasteiger partial charge in [0.15, 0.2) is 11.5 Å². The van der Waals surface area contributed by atoms with Crippen LogP contribution in [0.4, 0.5) is 0 Å². The zero-order valence-corrected chi connectivity index (χ0v) is 15.9. The zero-order chi connectivity index (χ0) is 20.5. The second-order valence-electron chi connectivity index (χ2n) is 6.01. The van der Waals surface area contributed by atoms with Crippen molar-refractivity contribution in [3.63, 3.8) is 0 Å². The van der Waals surface area contributed by atoms with Crippen molar-refractivity contribution < 1.29 is 19.1 Å². The van der Waals surface area contributed by atoms with Gasteiger partial charge in [-0.25, -0.2) is 0 Å². The van der Waals surface area contributed by atoms with Crippen molar-refractivity contribution in [1.82, 2.24) is 15.8 Å². The number of nitrogens with one attached hydrogen (secondary N) is 2. The lowest BCUT2D eigenvalue weighted by Crippen LogP contribution is -2.41. The molecule has 0 aliphatic heterocycles. The van der Waals surface area contributed by atoms with Crippen LogP contribution in [0.1, 0.15) is 33.2 Å². The van der Waals surface area contributed by atoms with Crippen LogP contribution in [-0.2, 0) is 6.61 Å². The summed E-state index contributed by atoms with van der Waals surface area (Å²) < 4.78 is 11.4. The molecule has 3 rings (SSSR count). The number of hydrazine groups is 1. The van der Waals surface area contributed by atoms with Crippen molar-refractivity contribution in [2.45, 2.75) is 13.5 Å². The van der Waals surface area contributed by atoms with Crippen molar-refractivity contribution in [3.8, 4) is 11.5 Å². The van der Waals surface area contributed by atoms with Crippen LogP contribution in [0.2, 0.25) is 0 Å². The molecule has 7 nitrogen and oxygen atoms in total. The fraction of sp³-hybridized carbons (Fsp3) is 0.136. The summed E-state index contributed by atoms with van der Waals surface area (Å²) in [7, 11) is 0. The quantitative estimate of drug-likeness (QED) is 0.604. The molecule has 0 radical (unpaired) electrons. The molecule has 0 saturated carbocycles. The molecule has 29 heavy (non-hydrogen) atoms. The molecule has 0 fully saturated rings. The van der Waals surface area contributed by atoms with Crippen molar-refractivity contribution >= 4 is 11.8 Å². The molecule has 148 valence electrons. The molecule has 0 spiro atoms. The number of nitrogens with zero attached hydrogens (tertiary/aromatic N) is 1. The van der Waals surface area contributed by atoms with E-state index in [1.807, 2.05) is 25.1 Å². The summed E-state index contributed by atoms with van der Waals surface area (Å²) in [5.74, 6) is 0.106. The van der Waals surface area contributed by atoms with Gasteiger partial charge in [-0.3, -0.25) is 25.4 Å². The molecule has 2 N–H and O–H groups in total. The molecule has 1 heterocycles. The third-order valence-electron chi connectivity index (χ3n) is 3.97. The Morgan fingerprint density at radius 1 is 0.828 bits per heavy atom. The highest BCUT2D eigenvalue weighted by Gasteiger charge is 2.13. The number of hydrogen-bond donors (Lipinski definition) is 2. The highest BCUT2D eigenvalue weighted by molar-refractivity contribution is 5.99. The van der Waals surface area contributed by atoms with Crippen LogP contribution in [0.3, 0.4) is 0 Å². The van der Waals surface area contributed by atoms with Crippen LogP contribution in [0.25, 0.3) is 0 Å². The van der Waals surface area contributed by atoms with E-state index in [9.17, 15) is 9.59 Å². The van der Waals surface area contributed by atoms with E-state index in [2.05, 4.69) is 15.8 Å². The first-order chi connectivity index (χ1) is 14.2. The number of benzene rings is 2. The van der Waals surface area contributed by atoms with E-state index in [-0.39, 0.29) is 0 Å². The predicted molar refractivity (Wildman–Crippen MR) is 108 cm³/mol. The van der Waals surface area contributed by atoms with Gasteiger partial charge in [0.25, 0.3) is 11.8 Å². The van der Waals surface area contributed by atoms with E-state index < -0.39 is 11.8 Å². The lowest BCUT2D eigenvalue weighted by molar-refractivity contribution is 0.0846. The van der Waals surface area contributed by atoms with Gasteiger partial charge in [0.05, 0.1) is 6.61 Å². The summed E-state index contributed by atoms with van der Waals surface area (Å²) in [4.78, 5) is 28.4. The lowest BCUT2D eigenvalue weighted by atomic mass is 10.2. The van der Waals surface area contributed by atoms with Gasteiger partial charge in [0.2, 0.25) is 0 Å². The molecule has 0 atom stereocenters. The Hall–Kier alpha value is -3.87. The summed E-state index contributed by atoms with van der Waals surface area (Å²) in [5.41, 5.74) is 6.54. The van der Waals surface area contributed by atoms with Crippen molar-refractivity contribution in [2.24, 2.45) is 0 Å². The van der Waals surface area contributed by atoms with Crippen LogP contribution >= 0.6 is 0 Å². The van der Waals surface area contributed by atoms with Crippen molar-refractivity contribution in [3.05, 3.63) is 89.7 Å². The van der Waals surface area contributed by atoms with Crippen LogP contribution in [-0.4, -0.2) is 23.4 Å². The summed E-state index contributed by atoms with van der Waals surface area (Å²) in [6, 6.07) is 17.2. The molecule has 0 saturated heterocycles. The smallest absolute Gasteiger partial charge is 0.269 e. The van der Waals surface area contributed by atoms with E-state index in [4.69, 9.17) is 9.47 Å². The maximum absolute atomic E-state index is 12.4. The third-order valence-corrected chi connectivity index (χ3v) is 3.97. The number of carbonyl (C=O) groups is 2. The van der Waals surface area contributed by atoms with Gasteiger partial charge in [0, 0.05) is 23.5 Å². The highest BCUT2D eigenvalue weighted by Crippen LogP contribution is 2.29. The molecule has 2 amide bonds. The van der Waals surface area contributed by atoms with Gasteiger partial charge < -0.3 is 9.47 Å². The van der Waals surface area contributed by atoms with Crippen molar-refractivity contribution in [2.75, 3.05) is 6.61 Å². The molecule has 2 aromatic carbocycles. The van der Waals surface area contributed by atoms with Gasteiger partial charge in [-0.1, -0.05) is 18.2 Å².